The van der Waals surface area contributed by atoms with Crippen LogP contribution >= 0.6 is 0 Å². The minimum Gasteiger partial charge on any atom is -0.393 e. The quantitative estimate of drug-likeness (QED) is 0.720. The molecule has 0 rings (SSSR count). The number of hydrogen-bond acceptors (Lipinski definition) is 3. The van der Waals surface area contributed by atoms with Gasteiger partial charge in [-0.25, -0.2) is 13.1 Å². The maximum absolute atomic E-state index is 11.4. The van der Waals surface area contributed by atoms with Gasteiger partial charge in [0.15, 0.2) is 0 Å². The summed E-state index contributed by atoms with van der Waals surface area (Å²) in [4.78, 5) is 0. The maximum atomic E-state index is 11.4. The van der Waals surface area contributed by atoms with Crippen molar-refractivity contribution in [1.29, 1.82) is 0 Å². The van der Waals surface area contributed by atoms with Crippen molar-refractivity contribution < 1.29 is 13.5 Å². The van der Waals surface area contributed by atoms with E-state index in [-0.39, 0.29) is 11.2 Å². The molecule has 4 nitrogen and oxygen atoms in total. The molecule has 1 unspecified atom stereocenters. The van der Waals surface area contributed by atoms with Crippen molar-refractivity contribution in [1.82, 2.24) is 4.72 Å². The first-order chi connectivity index (χ1) is 7.19. The molecule has 0 aromatic carbocycles. The molecule has 0 aliphatic heterocycles. The Hall–Kier alpha value is -0.130. The van der Waals surface area contributed by atoms with Crippen LogP contribution in [0, 0.1) is 5.41 Å². The van der Waals surface area contributed by atoms with Gasteiger partial charge in [-0.2, -0.15) is 0 Å². The number of nitrogens with one attached hydrogen (secondary N) is 1. The van der Waals surface area contributed by atoms with Crippen LogP contribution in [0.5, 0.6) is 0 Å². The molecule has 0 aromatic rings. The van der Waals surface area contributed by atoms with Crippen molar-refractivity contribution in [3.8, 4) is 0 Å². The van der Waals surface area contributed by atoms with Crippen molar-refractivity contribution >= 4 is 10.0 Å². The zero-order valence-corrected chi connectivity index (χ0v) is 11.6. The molecule has 98 valence electrons. The van der Waals surface area contributed by atoms with E-state index in [1.54, 1.807) is 0 Å². The van der Waals surface area contributed by atoms with Crippen LogP contribution in [0.15, 0.2) is 0 Å². The average Bonchev–Trinajstić information content (AvgIpc) is 2.13. The fraction of sp³-hybridized carbons (Fsp3) is 1.00. The third-order valence-corrected chi connectivity index (χ3v) is 3.98. The molecular formula is C11H25NO3S. The molecule has 0 spiro atoms. The first-order valence-electron chi connectivity index (χ1n) is 5.84. The van der Waals surface area contributed by atoms with Crippen molar-refractivity contribution in [2.24, 2.45) is 5.41 Å². The van der Waals surface area contributed by atoms with Crippen molar-refractivity contribution in [2.45, 2.75) is 53.1 Å². The van der Waals surface area contributed by atoms with E-state index in [0.29, 0.717) is 19.4 Å². The van der Waals surface area contributed by atoms with E-state index in [1.165, 1.54) is 0 Å². The Labute approximate surface area is 99.5 Å². The van der Waals surface area contributed by atoms with E-state index in [1.807, 2.05) is 27.7 Å². The standard InChI is InChI=1S/C11H25NO3S/c1-5-6-9-16(14,15)12-8-7-10(13)11(2,3)4/h10,12-13H,5-9H2,1-4H3. The third kappa shape index (κ3) is 7.19. The summed E-state index contributed by atoms with van der Waals surface area (Å²) in [5.41, 5.74) is -0.200. The van der Waals surface area contributed by atoms with Crippen LogP contribution in [-0.2, 0) is 10.0 Å². The van der Waals surface area contributed by atoms with Crippen LogP contribution in [0.2, 0.25) is 0 Å². The lowest BCUT2D eigenvalue weighted by atomic mass is 9.87. The highest BCUT2D eigenvalue weighted by atomic mass is 32.2. The summed E-state index contributed by atoms with van der Waals surface area (Å²) >= 11 is 0. The lowest BCUT2D eigenvalue weighted by Crippen LogP contribution is -2.33. The third-order valence-electron chi connectivity index (χ3n) is 2.51. The van der Waals surface area contributed by atoms with Gasteiger partial charge in [-0.1, -0.05) is 34.1 Å². The SMILES string of the molecule is CCCCS(=O)(=O)NCCC(O)C(C)(C)C. The van der Waals surface area contributed by atoms with Gasteiger partial charge in [0.2, 0.25) is 10.0 Å². The smallest absolute Gasteiger partial charge is 0.211 e. The minimum absolute atomic E-state index is 0.176. The molecule has 0 aromatic heterocycles. The topological polar surface area (TPSA) is 66.4 Å². The Kier molecular flexibility index (Phi) is 6.51. The summed E-state index contributed by atoms with van der Waals surface area (Å²) in [6.45, 7) is 8.07. The number of aliphatic hydroxyl groups is 1. The summed E-state index contributed by atoms with van der Waals surface area (Å²) in [7, 11) is -3.15. The van der Waals surface area contributed by atoms with Gasteiger partial charge in [0.25, 0.3) is 0 Å². The fourth-order valence-electron chi connectivity index (χ4n) is 1.19. The highest BCUT2D eigenvalue weighted by molar-refractivity contribution is 7.89. The fourth-order valence-corrected chi connectivity index (χ4v) is 2.43. The van der Waals surface area contributed by atoms with Gasteiger partial charge in [-0.05, 0) is 18.3 Å². The summed E-state index contributed by atoms with van der Waals surface area (Å²) in [5, 5.41) is 9.72. The van der Waals surface area contributed by atoms with Gasteiger partial charge in [0, 0.05) is 6.54 Å². The molecule has 0 bridgehead atoms. The molecule has 0 saturated carbocycles. The molecule has 0 radical (unpaired) electrons. The Morgan fingerprint density at radius 2 is 1.88 bits per heavy atom. The van der Waals surface area contributed by atoms with Gasteiger partial charge in [-0.3, -0.25) is 0 Å². The summed E-state index contributed by atoms with van der Waals surface area (Å²) in [6, 6.07) is 0. The van der Waals surface area contributed by atoms with Crippen molar-refractivity contribution in [3.05, 3.63) is 0 Å². The second kappa shape index (κ2) is 6.57. The molecule has 2 N–H and O–H groups in total. The molecule has 0 amide bonds. The van der Waals surface area contributed by atoms with E-state index in [9.17, 15) is 13.5 Å². The summed E-state index contributed by atoms with van der Waals surface area (Å²) in [5.74, 6) is 0.176. The monoisotopic (exact) mass is 251 g/mol. The first kappa shape index (κ1) is 15.9. The van der Waals surface area contributed by atoms with E-state index in [4.69, 9.17) is 0 Å². The lowest BCUT2D eigenvalue weighted by molar-refractivity contribution is 0.0571. The van der Waals surface area contributed by atoms with Gasteiger partial charge in [-0.15, -0.1) is 0 Å². The van der Waals surface area contributed by atoms with E-state index >= 15 is 0 Å². The van der Waals surface area contributed by atoms with Gasteiger partial charge < -0.3 is 5.11 Å². The average molecular weight is 251 g/mol. The molecule has 5 heteroatoms. The molecule has 16 heavy (non-hydrogen) atoms. The van der Waals surface area contributed by atoms with Crippen molar-refractivity contribution in [3.63, 3.8) is 0 Å². The Bertz CT molecular complexity index is 280. The van der Waals surface area contributed by atoms with Crippen LogP contribution in [0.3, 0.4) is 0 Å². The van der Waals surface area contributed by atoms with Crippen molar-refractivity contribution in [2.75, 3.05) is 12.3 Å². The maximum Gasteiger partial charge on any atom is 0.211 e. The number of unbranched alkanes of at least 4 members (excludes halogenated alkanes) is 1. The van der Waals surface area contributed by atoms with Gasteiger partial charge in [0.05, 0.1) is 11.9 Å². The number of sulfonamides is 1. The van der Waals surface area contributed by atoms with E-state index in [0.717, 1.165) is 6.42 Å². The van der Waals surface area contributed by atoms with Gasteiger partial charge in [0.1, 0.15) is 0 Å². The van der Waals surface area contributed by atoms with Crippen LogP contribution in [0.1, 0.15) is 47.0 Å². The predicted octanol–water partition coefficient (Wildman–Crippen LogP) is 1.50. The molecule has 0 aliphatic carbocycles. The second-order valence-electron chi connectivity index (χ2n) is 5.24. The molecule has 0 saturated heterocycles. The number of aliphatic hydroxyl groups excluding tert-OH is 1. The van der Waals surface area contributed by atoms with Crippen LogP contribution < -0.4 is 4.72 Å². The summed E-state index contributed by atoms with van der Waals surface area (Å²) < 4.78 is 25.4. The Morgan fingerprint density at radius 1 is 1.31 bits per heavy atom. The highest BCUT2D eigenvalue weighted by Gasteiger charge is 2.22. The number of rotatable bonds is 7. The second-order valence-corrected chi connectivity index (χ2v) is 7.16. The van der Waals surface area contributed by atoms with Crippen LogP contribution in [0.4, 0.5) is 0 Å². The molecular weight excluding hydrogens is 226 g/mol. The number of hydrogen-bond donors (Lipinski definition) is 2. The zero-order valence-electron chi connectivity index (χ0n) is 10.8. The van der Waals surface area contributed by atoms with E-state index < -0.39 is 16.1 Å². The van der Waals surface area contributed by atoms with Crippen LogP contribution in [-0.4, -0.2) is 31.9 Å². The highest BCUT2D eigenvalue weighted by Crippen LogP contribution is 2.20. The first-order valence-corrected chi connectivity index (χ1v) is 7.49. The zero-order chi connectivity index (χ0) is 12.8. The Morgan fingerprint density at radius 3 is 2.31 bits per heavy atom. The molecule has 0 fully saturated rings. The minimum atomic E-state index is -3.15. The Balaban J connectivity index is 3.90. The predicted molar refractivity (Wildman–Crippen MR) is 66.8 cm³/mol. The normalized spacial score (nSPS) is 15.1. The lowest BCUT2D eigenvalue weighted by Gasteiger charge is -2.25. The van der Waals surface area contributed by atoms with Crippen LogP contribution in [0.25, 0.3) is 0 Å². The molecule has 1 atom stereocenters. The summed E-state index contributed by atoms with van der Waals surface area (Å²) in [6.07, 6.45) is 1.51. The molecule has 0 aliphatic rings. The molecule has 0 heterocycles. The van der Waals surface area contributed by atoms with Gasteiger partial charge >= 0.3 is 0 Å². The largest absolute Gasteiger partial charge is 0.393 e. The van der Waals surface area contributed by atoms with E-state index in [2.05, 4.69) is 4.72 Å².